The molecule has 0 atom stereocenters. The maximum atomic E-state index is 10.0. The van der Waals surface area contributed by atoms with Crippen LogP contribution in [0.1, 0.15) is 58.3 Å². The molecule has 0 aliphatic heterocycles. The molecule has 0 amide bonds. The number of carboxylic acid groups (broad SMARTS) is 3. The molecular weight excluding hydrogens is 259 g/mol. The Morgan fingerprint density at radius 1 is 0.833 bits per heavy atom. The molecule has 0 fully saturated rings. The van der Waals surface area contributed by atoms with Gasteiger partial charge in [0.1, 0.15) is 0 Å². The van der Waals surface area contributed by atoms with Crippen LogP contribution in [-0.4, -0.2) is 35.2 Å². The number of aliphatic carboxylic acids is 1. The first-order valence-electron chi connectivity index (χ1n) is 5.58. The van der Waals surface area contributed by atoms with Gasteiger partial charge >= 0.3 is 52.6 Å². The molecule has 0 N–H and O–H groups in total. The average molecular weight is 279 g/mol. The predicted octanol–water partition coefficient (Wildman–Crippen LogP) is -3.95. The summed E-state index contributed by atoms with van der Waals surface area (Å²) in [5, 5.41) is 26.7. The van der Waals surface area contributed by atoms with E-state index in [1.54, 1.807) is 0 Å². The van der Waals surface area contributed by atoms with Crippen molar-refractivity contribution in [2.24, 2.45) is 0 Å². The van der Waals surface area contributed by atoms with Crippen molar-refractivity contribution in [2.45, 2.75) is 58.3 Å². The normalized spacial score (nSPS) is 8.06. The van der Waals surface area contributed by atoms with Gasteiger partial charge < -0.3 is 24.9 Å². The van der Waals surface area contributed by atoms with E-state index in [1.165, 1.54) is 32.1 Å². The summed E-state index contributed by atoms with van der Waals surface area (Å²) in [4.78, 5) is 18.4. The number of hydrogen-bond donors (Lipinski definition) is 0. The van der Waals surface area contributed by atoms with Crippen LogP contribution in [0.15, 0.2) is 0 Å². The first-order valence-corrected chi connectivity index (χ1v) is 5.58. The molecule has 0 aliphatic carbocycles. The molecule has 18 heavy (non-hydrogen) atoms. The molecule has 7 heteroatoms. The van der Waals surface area contributed by atoms with Crippen LogP contribution in [0.4, 0.5) is 4.79 Å². The van der Waals surface area contributed by atoms with E-state index in [0.717, 1.165) is 12.8 Å². The Hall–Kier alpha value is 0.506. The molecule has 0 aromatic heterocycles. The molecule has 0 aromatic rings. The predicted molar refractivity (Wildman–Crippen MR) is 58.8 cm³/mol. The van der Waals surface area contributed by atoms with Crippen LogP contribution in [0.25, 0.3) is 0 Å². The van der Waals surface area contributed by atoms with Crippen molar-refractivity contribution >= 4 is 35.2 Å². The van der Waals surface area contributed by atoms with Crippen molar-refractivity contribution in [2.75, 3.05) is 0 Å². The van der Waals surface area contributed by atoms with Gasteiger partial charge in [-0.2, -0.15) is 0 Å². The zero-order valence-corrected chi connectivity index (χ0v) is 14.8. The molecule has 0 saturated heterocycles. The van der Waals surface area contributed by atoms with Gasteiger partial charge in [0.05, 0.1) is 0 Å². The number of hydrogen-bond acceptors (Lipinski definition) is 5. The van der Waals surface area contributed by atoms with Crippen LogP contribution < -0.4 is 44.9 Å². The van der Waals surface area contributed by atoms with Gasteiger partial charge in [-0.3, -0.25) is 0 Å². The van der Waals surface area contributed by atoms with Crippen molar-refractivity contribution in [3.63, 3.8) is 0 Å². The van der Waals surface area contributed by atoms with Crippen molar-refractivity contribution in [3.05, 3.63) is 0 Å². The third-order valence-corrected chi connectivity index (χ3v) is 1.98. The number of carboxylic acids is 1. The van der Waals surface area contributed by atoms with Gasteiger partial charge in [0.2, 0.25) is 0 Å². The summed E-state index contributed by atoms with van der Waals surface area (Å²) in [6.07, 6.45) is 6.01. The monoisotopic (exact) mass is 278 g/mol. The smallest absolute Gasteiger partial charge is 0.652 e. The van der Waals surface area contributed by atoms with E-state index in [-0.39, 0.29) is 59.0 Å². The Morgan fingerprint density at radius 3 is 1.50 bits per heavy atom. The van der Waals surface area contributed by atoms with Crippen molar-refractivity contribution in [3.8, 4) is 0 Å². The Labute approximate surface area is 147 Å². The number of carbonyl (C=O) groups excluding carboxylic acids is 2. The fraction of sp³-hybridized carbons (Fsp3) is 0.818. The molecule has 0 spiro atoms. The molecular formula is C11H19MgNaO5. The summed E-state index contributed by atoms with van der Waals surface area (Å²) < 4.78 is 0. The molecule has 0 aliphatic rings. The van der Waals surface area contributed by atoms with Gasteiger partial charge in [-0.1, -0.05) is 45.4 Å². The third kappa shape index (κ3) is 43.9. The first kappa shape index (κ1) is 27.0. The maximum Gasteiger partial charge on any atom is 2.00 e. The summed E-state index contributed by atoms with van der Waals surface area (Å²) >= 11 is 0. The van der Waals surface area contributed by atoms with Gasteiger partial charge in [0.15, 0.2) is 0 Å². The zero-order chi connectivity index (χ0) is 12.8. The first-order chi connectivity index (χ1) is 7.50. The summed E-state index contributed by atoms with van der Waals surface area (Å²) in [6, 6.07) is 0. The van der Waals surface area contributed by atoms with Crippen molar-refractivity contribution in [1.82, 2.24) is 0 Å². The summed E-state index contributed by atoms with van der Waals surface area (Å²) in [6.45, 7) is 2.19. The van der Waals surface area contributed by atoms with Gasteiger partial charge in [0.25, 0.3) is 0 Å². The second kappa shape index (κ2) is 22.7. The molecule has 0 heterocycles. The van der Waals surface area contributed by atoms with Crippen LogP contribution >= 0.6 is 0 Å². The van der Waals surface area contributed by atoms with Crippen LogP contribution in [0.5, 0.6) is 0 Å². The quantitative estimate of drug-likeness (QED) is 0.333. The Kier molecular flexibility index (Phi) is 33.9. The van der Waals surface area contributed by atoms with E-state index < -0.39 is 12.1 Å². The van der Waals surface area contributed by atoms with Crippen molar-refractivity contribution < 1.29 is 54.5 Å². The second-order valence-electron chi connectivity index (χ2n) is 3.49. The largest absolute Gasteiger partial charge is 2.00 e. The topological polar surface area (TPSA) is 103 Å². The number of unbranched alkanes of at least 4 members (excludes halogenated alkanes) is 6. The van der Waals surface area contributed by atoms with E-state index >= 15 is 0 Å². The number of carbonyl (C=O) groups is 2. The third-order valence-electron chi connectivity index (χ3n) is 1.98. The Balaban J connectivity index is -0.000000143. The fourth-order valence-corrected chi connectivity index (χ4v) is 1.23. The molecule has 0 aromatic carbocycles. The average Bonchev–Trinajstić information content (AvgIpc) is 2.15. The van der Waals surface area contributed by atoms with Crippen LogP contribution in [0, 0.1) is 0 Å². The summed E-state index contributed by atoms with van der Waals surface area (Å²) in [5.41, 5.74) is 0. The van der Waals surface area contributed by atoms with E-state index in [4.69, 9.17) is 15.0 Å². The Morgan fingerprint density at radius 2 is 1.17 bits per heavy atom. The molecule has 0 bridgehead atoms. The van der Waals surface area contributed by atoms with Crippen molar-refractivity contribution in [1.29, 1.82) is 0 Å². The minimum Gasteiger partial charge on any atom is -0.652 e. The Bertz CT molecular complexity index is 186. The molecule has 0 saturated carbocycles. The van der Waals surface area contributed by atoms with Crippen LogP contribution in [0.2, 0.25) is 0 Å². The molecule has 96 valence electrons. The standard InChI is InChI=1S/C10H20O2.CH2O3.Mg.Na/c1-2-3-4-5-6-7-8-9-10(11)12;2-1(3)4;;/h2-9H2,1H3,(H,11,12);(H2,2,3,4);;/q;;+2;+1/p-3. The summed E-state index contributed by atoms with van der Waals surface area (Å²) in [5.74, 6) is -0.913. The molecule has 5 nitrogen and oxygen atoms in total. The van der Waals surface area contributed by atoms with E-state index in [1.807, 2.05) is 0 Å². The minimum absolute atomic E-state index is 0. The van der Waals surface area contributed by atoms with Crippen LogP contribution in [-0.2, 0) is 4.79 Å². The summed E-state index contributed by atoms with van der Waals surface area (Å²) in [7, 11) is 0. The maximum absolute atomic E-state index is 10.0. The number of rotatable bonds is 8. The molecule has 0 rings (SSSR count). The van der Waals surface area contributed by atoms with E-state index in [9.17, 15) is 9.90 Å². The van der Waals surface area contributed by atoms with Gasteiger partial charge in [-0.05, 0) is 19.0 Å². The van der Waals surface area contributed by atoms with E-state index in [2.05, 4.69) is 6.92 Å². The van der Waals surface area contributed by atoms with Crippen LogP contribution in [0.3, 0.4) is 0 Å². The minimum atomic E-state index is -2.33. The zero-order valence-electron chi connectivity index (χ0n) is 11.4. The van der Waals surface area contributed by atoms with E-state index in [0.29, 0.717) is 0 Å². The van der Waals surface area contributed by atoms with Gasteiger partial charge in [-0.15, -0.1) is 0 Å². The molecule has 0 unspecified atom stereocenters. The van der Waals surface area contributed by atoms with Gasteiger partial charge in [0, 0.05) is 5.97 Å². The second-order valence-corrected chi connectivity index (χ2v) is 3.49. The van der Waals surface area contributed by atoms with Gasteiger partial charge in [-0.25, -0.2) is 0 Å². The molecule has 0 radical (unpaired) electrons. The SMILES string of the molecule is CCCCCCCCCC(=O)[O-].O=C([O-])[O-].[Mg+2].[Na+]. The fourth-order valence-electron chi connectivity index (χ4n) is 1.23.